The monoisotopic (exact) mass is 317 g/mol. The first-order valence-corrected chi connectivity index (χ1v) is 8.12. The molecule has 2 heterocycles. The highest BCUT2D eigenvalue weighted by Gasteiger charge is 2.22. The highest BCUT2D eigenvalue weighted by atomic mass is 32.2. The van der Waals surface area contributed by atoms with E-state index in [0.29, 0.717) is 5.69 Å². The van der Waals surface area contributed by atoms with Crippen molar-refractivity contribution in [3.8, 4) is 5.75 Å². The van der Waals surface area contributed by atoms with Gasteiger partial charge in [-0.15, -0.1) is 0 Å². The van der Waals surface area contributed by atoms with E-state index in [0.717, 1.165) is 36.7 Å². The van der Waals surface area contributed by atoms with Gasteiger partial charge in [0.15, 0.2) is 0 Å². The average Bonchev–Trinajstić information content (AvgIpc) is 2.58. The third-order valence-electron chi connectivity index (χ3n) is 3.55. The molecule has 0 unspecified atom stereocenters. The van der Waals surface area contributed by atoms with Crippen molar-refractivity contribution in [2.75, 3.05) is 18.6 Å². The summed E-state index contributed by atoms with van der Waals surface area (Å²) in [4.78, 5) is 4.30. The number of anilines is 1. The van der Waals surface area contributed by atoms with E-state index < -0.39 is 0 Å². The van der Waals surface area contributed by atoms with Crippen LogP contribution in [0.4, 0.5) is 5.69 Å². The Bertz CT molecular complexity index is 589. The van der Waals surface area contributed by atoms with Crippen molar-refractivity contribution in [2.45, 2.75) is 24.0 Å². The lowest BCUT2D eigenvalue weighted by Gasteiger charge is -2.31. The lowest BCUT2D eigenvalue weighted by molar-refractivity contribution is 0.139. The smallest absolute Gasteiger partial charge is 0.136 e. The molecule has 1 aromatic carbocycles. The Kier molecular flexibility index (Phi) is 5.15. The first kappa shape index (κ1) is 15.1. The van der Waals surface area contributed by atoms with Crippen molar-refractivity contribution in [3.63, 3.8) is 0 Å². The second kappa shape index (κ2) is 7.49. The molecule has 22 heavy (non-hydrogen) atoms. The summed E-state index contributed by atoms with van der Waals surface area (Å²) < 4.78 is 8.25. The van der Waals surface area contributed by atoms with Crippen LogP contribution in [0.3, 0.4) is 0 Å². The van der Waals surface area contributed by atoms with E-state index in [2.05, 4.69) is 14.8 Å². The number of benzene rings is 1. The van der Waals surface area contributed by atoms with Crippen molar-refractivity contribution in [2.24, 2.45) is 0 Å². The molecule has 0 saturated carbocycles. The minimum Gasteiger partial charge on any atom is -0.490 e. The van der Waals surface area contributed by atoms with Gasteiger partial charge in [-0.2, -0.15) is 0 Å². The molecule has 2 aromatic rings. The summed E-state index contributed by atoms with van der Waals surface area (Å²) in [5.41, 5.74) is 2.83. The van der Waals surface area contributed by atoms with E-state index in [-0.39, 0.29) is 6.10 Å². The fraction of sp³-hybridized carbons (Fsp3) is 0.312. The summed E-state index contributed by atoms with van der Waals surface area (Å²) >= 11 is 1.57. The van der Waals surface area contributed by atoms with Crippen LogP contribution in [0.25, 0.3) is 0 Å². The number of hydrogen-bond acceptors (Lipinski definition) is 6. The Morgan fingerprint density at radius 2 is 1.91 bits per heavy atom. The maximum Gasteiger partial charge on any atom is 0.136 e. The highest BCUT2D eigenvalue weighted by molar-refractivity contribution is 7.97. The molecule has 1 aromatic heterocycles. The standard InChI is InChI=1S/C16H19N3O2S/c20-18-15-7-4-10-17-16(15)22-19-11-8-14(9-12-19)21-13-5-2-1-3-6-13/h1-7,10,14,18,20H,8-9,11-12H2. The van der Waals surface area contributed by atoms with Crippen molar-refractivity contribution in [1.82, 2.24) is 9.29 Å². The molecule has 1 saturated heterocycles. The molecule has 6 heteroatoms. The van der Waals surface area contributed by atoms with Crippen molar-refractivity contribution in [3.05, 3.63) is 48.7 Å². The van der Waals surface area contributed by atoms with Gasteiger partial charge in [0.05, 0.1) is 5.69 Å². The molecule has 1 aliphatic heterocycles. The predicted molar refractivity (Wildman–Crippen MR) is 87.2 cm³/mol. The van der Waals surface area contributed by atoms with E-state index in [4.69, 9.17) is 9.94 Å². The molecule has 5 nitrogen and oxygen atoms in total. The summed E-state index contributed by atoms with van der Waals surface area (Å²) in [6, 6.07) is 13.6. The Hall–Kier alpha value is -1.76. The van der Waals surface area contributed by atoms with Crippen LogP contribution in [0, 0.1) is 0 Å². The van der Waals surface area contributed by atoms with Crippen molar-refractivity contribution < 1.29 is 9.94 Å². The number of piperidine rings is 1. The second-order valence-corrected chi connectivity index (χ2v) is 6.20. The van der Waals surface area contributed by atoms with E-state index in [1.54, 1.807) is 30.3 Å². The first-order valence-electron chi connectivity index (χ1n) is 7.35. The number of nitrogens with zero attached hydrogens (tertiary/aromatic N) is 2. The van der Waals surface area contributed by atoms with Gasteiger partial charge in [0.2, 0.25) is 0 Å². The maximum atomic E-state index is 9.11. The quantitative estimate of drug-likeness (QED) is 0.651. The van der Waals surface area contributed by atoms with Gasteiger partial charge >= 0.3 is 0 Å². The molecule has 1 aliphatic rings. The molecule has 1 fully saturated rings. The van der Waals surface area contributed by atoms with Crippen LogP contribution < -0.4 is 10.2 Å². The predicted octanol–water partition coefficient (Wildman–Crippen LogP) is 3.43. The third-order valence-corrected chi connectivity index (χ3v) is 4.68. The summed E-state index contributed by atoms with van der Waals surface area (Å²) in [5.74, 6) is 0.935. The van der Waals surface area contributed by atoms with Gasteiger partial charge in [-0.25, -0.2) is 9.29 Å². The second-order valence-electron chi connectivity index (χ2n) is 5.12. The van der Waals surface area contributed by atoms with E-state index in [9.17, 15) is 0 Å². The summed E-state index contributed by atoms with van der Waals surface area (Å²) in [5, 5.41) is 9.90. The van der Waals surface area contributed by atoms with Crippen LogP contribution in [-0.4, -0.2) is 33.7 Å². The lowest BCUT2D eigenvalue weighted by Crippen LogP contribution is -2.34. The van der Waals surface area contributed by atoms with Crippen LogP contribution in [0.1, 0.15) is 12.8 Å². The Morgan fingerprint density at radius 1 is 1.14 bits per heavy atom. The van der Waals surface area contributed by atoms with Crippen LogP contribution in [0.5, 0.6) is 5.75 Å². The van der Waals surface area contributed by atoms with Gasteiger partial charge in [-0.1, -0.05) is 18.2 Å². The van der Waals surface area contributed by atoms with Crippen molar-refractivity contribution in [1.29, 1.82) is 0 Å². The largest absolute Gasteiger partial charge is 0.490 e. The van der Waals surface area contributed by atoms with Crippen LogP contribution in [0.2, 0.25) is 0 Å². The van der Waals surface area contributed by atoms with E-state index >= 15 is 0 Å². The molecule has 0 bridgehead atoms. The van der Waals surface area contributed by atoms with Gasteiger partial charge < -0.3 is 4.74 Å². The molecule has 3 rings (SSSR count). The summed E-state index contributed by atoms with van der Waals surface area (Å²) in [6.07, 6.45) is 3.96. The number of pyridine rings is 1. The van der Waals surface area contributed by atoms with Gasteiger partial charge in [0.1, 0.15) is 16.9 Å². The third kappa shape index (κ3) is 3.91. The van der Waals surface area contributed by atoms with E-state index in [1.165, 1.54) is 0 Å². The fourth-order valence-electron chi connectivity index (χ4n) is 2.40. The molecule has 0 atom stereocenters. The summed E-state index contributed by atoms with van der Waals surface area (Å²) in [7, 11) is 0. The van der Waals surface area contributed by atoms with Gasteiger partial charge in [0, 0.05) is 19.3 Å². The lowest BCUT2D eigenvalue weighted by atomic mass is 10.1. The van der Waals surface area contributed by atoms with Gasteiger partial charge in [-0.3, -0.25) is 10.7 Å². The van der Waals surface area contributed by atoms with Gasteiger partial charge in [0.25, 0.3) is 0 Å². The summed E-state index contributed by atoms with van der Waals surface area (Å²) in [6.45, 7) is 1.87. The SMILES string of the molecule is ONc1cccnc1SN1CCC(Oc2ccccc2)CC1. The average molecular weight is 317 g/mol. The molecule has 0 aliphatic carbocycles. The normalized spacial score (nSPS) is 16.4. The number of nitrogens with one attached hydrogen (secondary N) is 1. The molecular formula is C16H19N3O2S. The van der Waals surface area contributed by atoms with E-state index in [1.807, 2.05) is 30.3 Å². The molecule has 0 radical (unpaired) electrons. The van der Waals surface area contributed by atoms with Crippen LogP contribution in [0.15, 0.2) is 53.7 Å². The molecular weight excluding hydrogens is 298 g/mol. The zero-order valence-corrected chi connectivity index (χ0v) is 13.0. The number of rotatable bonds is 5. The minimum atomic E-state index is 0.262. The molecule has 116 valence electrons. The molecule has 0 amide bonds. The minimum absolute atomic E-state index is 0.262. The molecule has 0 spiro atoms. The zero-order valence-electron chi connectivity index (χ0n) is 12.2. The zero-order chi connectivity index (χ0) is 15.2. The highest BCUT2D eigenvalue weighted by Crippen LogP contribution is 2.30. The van der Waals surface area contributed by atoms with Crippen LogP contribution >= 0.6 is 11.9 Å². The number of para-hydroxylation sites is 1. The maximum absolute atomic E-state index is 9.11. The number of aromatic nitrogens is 1. The number of ether oxygens (including phenoxy) is 1. The Balaban J connectivity index is 1.51. The van der Waals surface area contributed by atoms with Crippen molar-refractivity contribution >= 4 is 17.6 Å². The first-order chi connectivity index (χ1) is 10.8. The van der Waals surface area contributed by atoms with Crippen LogP contribution in [-0.2, 0) is 0 Å². The van der Waals surface area contributed by atoms with Gasteiger partial charge in [-0.05, 0) is 49.1 Å². The molecule has 2 N–H and O–H groups in total. The number of hydrogen-bond donors (Lipinski definition) is 2. The Morgan fingerprint density at radius 3 is 2.64 bits per heavy atom. The Labute approximate surface area is 134 Å². The fourth-order valence-corrected chi connectivity index (χ4v) is 3.36. The topological polar surface area (TPSA) is 57.6 Å².